The second kappa shape index (κ2) is 14.2. The highest BCUT2D eigenvalue weighted by molar-refractivity contribution is 14.1. The van der Waals surface area contributed by atoms with Crippen molar-refractivity contribution in [2.24, 2.45) is 0 Å². The first-order valence-corrected chi connectivity index (χ1v) is 11.7. The van der Waals surface area contributed by atoms with Crippen LogP contribution in [0.25, 0.3) is 0 Å². The van der Waals surface area contributed by atoms with Crippen molar-refractivity contribution >= 4 is 52.2 Å². The van der Waals surface area contributed by atoms with Gasteiger partial charge in [0.25, 0.3) is 0 Å². The van der Waals surface area contributed by atoms with Crippen molar-refractivity contribution in [1.29, 1.82) is 0 Å². The summed E-state index contributed by atoms with van der Waals surface area (Å²) in [6, 6.07) is -2.61. The summed E-state index contributed by atoms with van der Waals surface area (Å²) in [7, 11) is 0. The Hall–Kier alpha value is -1.92. The Morgan fingerprint density at radius 3 is 2.00 bits per heavy atom. The minimum absolute atomic E-state index is 0.132. The summed E-state index contributed by atoms with van der Waals surface area (Å²) >= 11 is 1.89. The number of esters is 1. The van der Waals surface area contributed by atoms with E-state index >= 15 is 0 Å². The number of unbranched alkanes of at least 4 members (excludes halogenated alkanes) is 1. The van der Waals surface area contributed by atoms with Crippen LogP contribution in [0.15, 0.2) is 0 Å². The number of carbonyl (C=O) groups is 5. The topological polar surface area (TPSA) is 143 Å². The molecule has 0 aromatic heterocycles. The van der Waals surface area contributed by atoms with E-state index < -0.39 is 41.5 Å². The van der Waals surface area contributed by atoms with E-state index in [-0.39, 0.29) is 16.2 Å². The Morgan fingerprint density at radius 1 is 0.903 bits per heavy atom. The molecule has 11 heteroatoms. The molecule has 0 saturated carbocycles. The predicted molar refractivity (Wildman–Crippen MR) is 124 cm³/mol. The van der Waals surface area contributed by atoms with E-state index in [1.54, 1.807) is 20.8 Å². The maximum absolute atomic E-state index is 12.6. The van der Waals surface area contributed by atoms with Gasteiger partial charge in [0.1, 0.15) is 23.7 Å². The van der Waals surface area contributed by atoms with E-state index in [1.165, 1.54) is 20.8 Å². The molecule has 0 aliphatic carbocycles. The number of halogens is 1. The molecule has 3 atom stereocenters. The smallest absolute Gasteiger partial charge is 0.328 e. The number of ether oxygens (including phenoxy) is 1. The molecule has 0 rings (SSSR count). The van der Waals surface area contributed by atoms with Gasteiger partial charge in [0.05, 0.1) is 4.43 Å². The van der Waals surface area contributed by atoms with Crippen LogP contribution in [0.4, 0.5) is 0 Å². The van der Waals surface area contributed by atoms with Gasteiger partial charge in [-0.2, -0.15) is 0 Å². The molecular weight excluding hydrogens is 519 g/mol. The van der Waals surface area contributed by atoms with Gasteiger partial charge in [-0.05, 0) is 53.9 Å². The van der Waals surface area contributed by atoms with E-state index in [0.717, 1.165) is 0 Å². The van der Waals surface area contributed by atoms with Crippen LogP contribution in [0.5, 0.6) is 0 Å². The zero-order chi connectivity index (χ0) is 24.2. The monoisotopic (exact) mass is 554 g/mol. The highest BCUT2D eigenvalue weighted by atomic mass is 127. The van der Waals surface area contributed by atoms with Gasteiger partial charge in [0.15, 0.2) is 0 Å². The molecule has 0 saturated heterocycles. The summed E-state index contributed by atoms with van der Waals surface area (Å²) in [5.74, 6) is -2.04. The predicted octanol–water partition coefficient (Wildman–Crippen LogP) is 0.564. The second-order valence-corrected chi connectivity index (χ2v) is 8.99. The van der Waals surface area contributed by atoms with E-state index in [0.29, 0.717) is 25.8 Å². The average molecular weight is 554 g/mol. The summed E-state index contributed by atoms with van der Waals surface area (Å²) in [6.45, 7) is 10.1. The van der Waals surface area contributed by atoms with Crippen LogP contribution < -0.4 is 21.3 Å². The first-order valence-electron chi connectivity index (χ1n) is 10.2. The van der Waals surface area contributed by atoms with Crippen molar-refractivity contribution in [2.45, 2.75) is 84.5 Å². The molecule has 0 heterocycles. The fourth-order valence-electron chi connectivity index (χ4n) is 2.41. The fourth-order valence-corrected chi connectivity index (χ4v) is 2.63. The lowest BCUT2D eigenvalue weighted by molar-refractivity contribution is -0.158. The normalized spacial score (nSPS) is 13.9. The number of amides is 4. The Morgan fingerprint density at radius 2 is 1.48 bits per heavy atom. The lowest BCUT2D eigenvalue weighted by Gasteiger charge is -2.24. The minimum Gasteiger partial charge on any atom is -0.458 e. The average Bonchev–Trinajstić information content (AvgIpc) is 2.64. The molecule has 0 bridgehead atoms. The van der Waals surface area contributed by atoms with Crippen LogP contribution in [0.2, 0.25) is 0 Å². The van der Waals surface area contributed by atoms with Gasteiger partial charge in [0.2, 0.25) is 23.6 Å². The molecule has 10 nitrogen and oxygen atoms in total. The van der Waals surface area contributed by atoms with Gasteiger partial charge < -0.3 is 26.0 Å². The summed E-state index contributed by atoms with van der Waals surface area (Å²) in [6.07, 6.45) is 1.60. The molecule has 4 N–H and O–H groups in total. The number of hydrogen-bond acceptors (Lipinski definition) is 6. The van der Waals surface area contributed by atoms with Gasteiger partial charge in [-0.25, -0.2) is 4.79 Å². The third-order valence-electron chi connectivity index (χ3n) is 3.94. The van der Waals surface area contributed by atoms with E-state index in [4.69, 9.17) is 4.74 Å². The third kappa shape index (κ3) is 13.9. The molecule has 0 unspecified atom stereocenters. The van der Waals surface area contributed by atoms with Gasteiger partial charge in [-0.3, -0.25) is 19.2 Å². The zero-order valence-electron chi connectivity index (χ0n) is 19.1. The first-order chi connectivity index (χ1) is 14.3. The van der Waals surface area contributed by atoms with E-state index in [1.807, 2.05) is 22.6 Å². The van der Waals surface area contributed by atoms with Crippen LogP contribution in [-0.2, 0) is 28.7 Å². The zero-order valence-corrected chi connectivity index (χ0v) is 21.3. The van der Waals surface area contributed by atoms with Crippen molar-refractivity contribution < 1.29 is 28.7 Å². The van der Waals surface area contributed by atoms with Crippen LogP contribution in [0.1, 0.15) is 60.8 Å². The quantitative estimate of drug-likeness (QED) is 0.120. The molecule has 4 amide bonds. The van der Waals surface area contributed by atoms with Crippen molar-refractivity contribution in [1.82, 2.24) is 21.3 Å². The highest BCUT2D eigenvalue weighted by Crippen LogP contribution is 2.08. The Balaban J connectivity index is 4.78. The molecule has 0 radical (unpaired) electrons. The summed E-state index contributed by atoms with van der Waals surface area (Å²) in [5.41, 5.74) is -0.681. The standard InChI is InChI=1S/C20H35IN4O6/c1-12(17(28)24-13(2)19(30)31-20(4,5)6)23-18(29)15(25-16(27)11-21)9-7-8-10-22-14(3)26/h12-13,15H,7-11H2,1-6H3,(H,22,26)(H,23,29)(H,24,28)(H,25,27)/t12-,13-,15+/m1/s1. The number of hydrogen-bond donors (Lipinski definition) is 4. The van der Waals surface area contributed by atoms with Gasteiger partial charge in [-0.1, -0.05) is 22.6 Å². The van der Waals surface area contributed by atoms with Crippen LogP contribution in [0.3, 0.4) is 0 Å². The van der Waals surface area contributed by atoms with Crippen LogP contribution in [-0.4, -0.2) is 64.3 Å². The molecule has 0 fully saturated rings. The van der Waals surface area contributed by atoms with Crippen molar-refractivity contribution in [3.05, 3.63) is 0 Å². The summed E-state index contributed by atoms with van der Waals surface area (Å²) < 4.78 is 5.41. The lowest BCUT2D eigenvalue weighted by atomic mass is 10.1. The summed E-state index contributed by atoms with van der Waals surface area (Å²) in [4.78, 5) is 59.7. The largest absolute Gasteiger partial charge is 0.458 e. The molecule has 0 aliphatic heterocycles. The van der Waals surface area contributed by atoms with Gasteiger partial charge in [-0.15, -0.1) is 0 Å². The van der Waals surface area contributed by atoms with Crippen molar-refractivity contribution in [2.75, 3.05) is 11.0 Å². The molecule has 0 aromatic carbocycles. The van der Waals surface area contributed by atoms with E-state index in [9.17, 15) is 24.0 Å². The number of nitrogens with one attached hydrogen (secondary N) is 4. The first kappa shape index (κ1) is 29.1. The molecule has 0 aromatic rings. The number of carbonyl (C=O) groups excluding carboxylic acids is 5. The highest BCUT2D eigenvalue weighted by Gasteiger charge is 2.27. The number of alkyl halides is 1. The molecule has 31 heavy (non-hydrogen) atoms. The van der Waals surface area contributed by atoms with Crippen LogP contribution >= 0.6 is 22.6 Å². The van der Waals surface area contributed by atoms with Crippen molar-refractivity contribution in [3.63, 3.8) is 0 Å². The van der Waals surface area contributed by atoms with Crippen molar-refractivity contribution in [3.8, 4) is 0 Å². The number of rotatable bonds is 12. The minimum atomic E-state index is -0.921. The molecule has 178 valence electrons. The Bertz CT molecular complexity index is 650. The molecular formula is C20H35IN4O6. The maximum atomic E-state index is 12.6. The lowest BCUT2D eigenvalue weighted by Crippen LogP contribution is -2.54. The third-order valence-corrected chi connectivity index (χ3v) is 4.63. The van der Waals surface area contributed by atoms with Gasteiger partial charge in [0, 0.05) is 13.5 Å². The molecule has 0 spiro atoms. The Kier molecular flexibility index (Phi) is 13.3. The Labute approximate surface area is 197 Å². The van der Waals surface area contributed by atoms with E-state index in [2.05, 4.69) is 21.3 Å². The van der Waals surface area contributed by atoms with Crippen LogP contribution in [0, 0.1) is 0 Å². The SMILES string of the molecule is CC(=O)NCCCC[C@H](NC(=O)CI)C(=O)N[C@H](C)C(=O)N[C@H](C)C(=O)OC(C)(C)C. The summed E-state index contributed by atoms with van der Waals surface area (Å²) in [5, 5.41) is 10.4. The molecule has 0 aliphatic rings. The second-order valence-electron chi connectivity index (χ2n) is 8.23. The maximum Gasteiger partial charge on any atom is 0.328 e. The fraction of sp³-hybridized carbons (Fsp3) is 0.750. The van der Waals surface area contributed by atoms with Gasteiger partial charge >= 0.3 is 5.97 Å².